The van der Waals surface area contributed by atoms with Crippen molar-refractivity contribution in [2.24, 2.45) is 0 Å². The Hall–Kier alpha value is -0.990. The molecule has 0 amide bonds. The van der Waals surface area contributed by atoms with Crippen LogP contribution in [0.4, 0.5) is 8.78 Å². The predicted octanol–water partition coefficient (Wildman–Crippen LogP) is 6.06. The van der Waals surface area contributed by atoms with E-state index in [0.717, 1.165) is 6.07 Å². The molecule has 25 heavy (non-hydrogen) atoms. The summed E-state index contributed by atoms with van der Waals surface area (Å²) in [7, 11) is 0. The third kappa shape index (κ3) is 3.61. The van der Waals surface area contributed by atoms with Gasteiger partial charge in [0, 0.05) is 15.1 Å². The van der Waals surface area contributed by atoms with E-state index in [2.05, 4.69) is 36.8 Å². The van der Waals surface area contributed by atoms with Crippen LogP contribution in [0.3, 0.4) is 0 Å². The maximum absolute atomic E-state index is 13.4. The van der Waals surface area contributed by atoms with E-state index in [1.807, 2.05) is 0 Å². The maximum Gasteiger partial charge on any atom is 0.208 e. The summed E-state index contributed by atoms with van der Waals surface area (Å²) >= 11 is 18.8. The van der Waals surface area contributed by atoms with Gasteiger partial charge in [-0.25, -0.2) is 13.8 Å². The van der Waals surface area contributed by atoms with Gasteiger partial charge in [-0.2, -0.15) is 0 Å². The molecule has 0 saturated carbocycles. The molecule has 9 heteroatoms. The summed E-state index contributed by atoms with van der Waals surface area (Å²) in [5, 5.41) is 10.9. The molecule has 1 heterocycles. The Balaban J connectivity index is 2.20. The first-order valence-corrected chi connectivity index (χ1v) is 9.16. The molecule has 130 valence electrons. The Kier molecular flexibility index (Phi) is 5.51. The average Bonchev–Trinajstić information content (AvgIpc) is 2.81. The Morgan fingerprint density at radius 2 is 1.68 bits per heavy atom. The van der Waals surface area contributed by atoms with Gasteiger partial charge in [0.15, 0.2) is 0 Å². The molecule has 1 unspecified atom stereocenters. The van der Waals surface area contributed by atoms with Crippen molar-refractivity contribution in [3.05, 3.63) is 78.7 Å². The third-order valence-electron chi connectivity index (χ3n) is 3.49. The molecular formula is C16H8Br2Cl2F2N2O. The van der Waals surface area contributed by atoms with E-state index in [-0.39, 0.29) is 26.2 Å². The van der Waals surface area contributed by atoms with Crippen LogP contribution in [-0.4, -0.2) is 14.7 Å². The summed E-state index contributed by atoms with van der Waals surface area (Å²) < 4.78 is 28.8. The van der Waals surface area contributed by atoms with Crippen molar-refractivity contribution in [1.29, 1.82) is 0 Å². The molecule has 0 aliphatic carbocycles. The average molecular weight is 513 g/mol. The van der Waals surface area contributed by atoms with Crippen molar-refractivity contribution >= 4 is 55.1 Å². The third-order valence-corrected chi connectivity index (χ3v) is 5.29. The van der Waals surface area contributed by atoms with Gasteiger partial charge in [0.05, 0.1) is 11.4 Å². The van der Waals surface area contributed by atoms with Gasteiger partial charge in [-0.05, 0) is 73.8 Å². The van der Waals surface area contributed by atoms with Crippen LogP contribution < -0.4 is 0 Å². The molecule has 3 nitrogen and oxygen atoms in total. The van der Waals surface area contributed by atoms with Crippen molar-refractivity contribution in [2.75, 3.05) is 0 Å². The minimum atomic E-state index is -1.25. The van der Waals surface area contributed by atoms with Crippen molar-refractivity contribution < 1.29 is 13.9 Å². The molecule has 3 rings (SSSR count). The number of halogens is 6. The van der Waals surface area contributed by atoms with E-state index < -0.39 is 17.7 Å². The minimum Gasteiger partial charge on any atom is -0.382 e. The Morgan fingerprint density at radius 1 is 1.04 bits per heavy atom. The number of aromatic nitrogens is 2. The number of aliphatic hydroxyl groups is 1. The van der Waals surface area contributed by atoms with Crippen LogP contribution in [0.15, 0.2) is 45.5 Å². The SMILES string of the molecule is OC(c1ccc(F)cc1Cl)c1c(Br)nc(Cl)n1-c1ccc(F)cc1Br. The molecule has 0 radical (unpaired) electrons. The van der Waals surface area contributed by atoms with E-state index in [1.165, 1.54) is 34.9 Å². The molecule has 0 spiro atoms. The lowest BCUT2D eigenvalue weighted by atomic mass is 10.1. The van der Waals surface area contributed by atoms with Crippen molar-refractivity contribution in [2.45, 2.75) is 6.10 Å². The van der Waals surface area contributed by atoms with Crippen LogP contribution in [0.25, 0.3) is 5.69 Å². The number of aliphatic hydroxyl groups excluding tert-OH is 1. The molecule has 1 aromatic heterocycles. The molecule has 0 aliphatic heterocycles. The Labute approximate surface area is 168 Å². The number of benzene rings is 2. The van der Waals surface area contributed by atoms with Crippen molar-refractivity contribution in [1.82, 2.24) is 9.55 Å². The Morgan fingerprint density at radius 3 is 2.32 bits per heavy atom. The monoisotopic (exact) mass is 510 g/mol. The van der Waals surface area contributed by atoms with E-state index in [0.29, 0.717) is 10.2 Å². The fourth-order valence-corrected chi connectivity index (χ4v) is 4.11. The maximum atomic E-state index is 13.4. The number of hydrogen-bond donors (Lipinski definition) is 1. The summed E-state index contributed by atoms with van der Waals surface area (Å²) in [6, 6.07) is 7.67. The van der Waals surface area contributed by atoms with Crippen LogP contribution in [0.2, 0.25) is 10.3 Å². The Bertz CT molecular complexity index is 966. The quantitative estimate of drug-likeness (QED) is 0.463. The van der Waals surface area contributed by atoms with Gasteiger partial charge >= 0.3 is 0 Å². The highest BCUT2D eigenvalue weighted by molar-refractivity contribution is 9.10. The first-order chi connectivity index (χ1) is 11.8. The van der Waals surface area contributed by atoms with Crippen molar-refractivity contribution in [3.8, 4) is 5.69 Å². The van der Waals surface area contributed by atoms with Gasteiger partial charge in [0.2, 0.25) is 5.28 Å². The zero-order chi connectivity index (χ0) is 18.3. The lowest BCUT2D eigenvalue weighted by molar-refractivity contribution is 0.212. The second-order valence-electron chi connectivity index (χ2n) is 5.06. The summed E-state index contributed by atoms with van der Waals surface area (Å²) in [4.78, 5) is 4.10. The van der Waals surface area contributed by atoms with Crippen LogP contribution in [0, 0.1) is 11.6 Å². The van der Waals surface area contributed by atoms with Crippen LogP contribution in [0.1, 0.15) is 17.4 Å². The molecule has 2 aromatic carbocycles. The lowest BCUT2D eigenvalue weighted by Crippen LogP contribution is -2.09. The molecule has 0 bridgehead atoms. The topological polar surface area (TPSA) is 38.1 Å². The number of rotatable bonds is 3. The highest BCUT2D eigenvalue weighted by Crippen LogP contribution is 2.37. The number of hydrogen-bond acceptors (Lipinski definition) is 2. The van der Waals surface area contributed by atoms with E-state index in [9.17, 15) is 13.9 Å². The molecule has 0 saturated heterocycles. The normalized spacial score (nSPS) is 12.4. The zero-order valence-corrected chi connectivity index (χ0v) is 16.8. The minimum absolute atomic E-state index is 0.0477. The van der Waals surface area contributed by atoms with Crippen molar-refractivity contribution in [3.63, 3.8) is 0 Å². The first kappa shape index (κ1) is 18.8. The molecule has 0 fully saturated rings. The molecule has 1 N–H and O–H groups in total. The second-order valence-corrected chi connectivity index (χ2v) is 7.41. The van der Waals surface area contributed by atoms with Crippen LogP contribution >= 0.6 is 55.1 Å². The van der Waals surface area contributed by atoms with Crippen LogP contribution in [-0.2, 0) is 0 Å². The largest absolute Gasteiger partial charge is 0.382 e. The number of imidazole rings is 1. The van der Waals surface area contributed by atoms with E-state index in [4.69, 9.17) is 23.2 Å². The summed E-state index contributed by atoms with van der Waals surface area (Å²) in [6.07, 6.45) is -1.25. The summed E-state index contributed by atoms with van der Waals surface area (Å²) in [5.74, 6) is -0.956. The van der Waals surface area contributed by atoms with Gasteiger partial charge < -0.3 is 5.11 Å². The second kappa shape index (κ2) is 7.32. The highest BCUT2D eigenvalue weighted by atomic mass is 79.9. The standard InChI is InChI=1S/C16H8Br2Cl2F2N2O/c17-10-5-7(21)2-4-12(10)24-13(15(18)23-16(24)20)14(25)9-3-1-8(22)6-11(9)19/h1-6,14,25H. The highest BCUT2D eigenvalue weighted by Gasteiger charge is 2.26. The summed E-state index contributed by atoms with van der Waals surface area (Å²) in [6.45, 7) is 0. The van der Waals surface area contributed by atoms with Gasteiger partial charge in [-0.3, -0.25) is 4.57 Å². The molecule has 0 aliphatic rings. The van der Waals surface area contributed by atoms with E-state index >= 15 is 0 Å². The van der Waals surface area contributed by atoms with Gasteiger partial charge in [-0.15, -0.1) is 0 Å². The molecule has 1 atom stereocenters. The molecular weight excluding hydrogens is 505 g/mol. The van der Waals surface area contributed by atoms with Crippen LogP contribution in [0.5, 0.6) is 0 Å². The first-order valence-electron chi connectivity index (χ1n) is 6.81. The fourth-order valence-electron chi connectivity index (χ4n) is 2.38. The van der Waals surface area contributed by atoms with E-state index in [1.54, 1.807) is 0 Å². The number of nitrogens with zero attached hydrogens (tertiary/aromatic N) is 2. The predicted molar refractivity (Wildman–Crippen MR) is 99.4 cm³/mol. The zero-order valence-electron chi connectivity index (χ0n) is 12.2. The fraction of sp³-hybridized carbons (Fsp3) is 0.0625. The lowest BCUT2D eigenvalue weighted by Gasteiger charge is -2.17. The molecule has 3 aromatic rings. The van der Waals surface area contributed by atoms with Gasteiger partial charge in [-0.1, -0.05) is 17.7 Å². The smallest absolute Gasteiger partial charge is 0.208 e. The van der Waals surface area contributed by atoms with Gasteiger partial charge in [0.25, 0.3) is 0 Å². The van der Waals surface area contributed by atoms with Gasteiger partial charge in [0.1, 0.15) is 22.3 Å². The summed E-state index contributed by atoms with van der Waals surface area (Å²) in [5.41, 5.74) is 1.02.